The van der Waals surface area contributed by atoms with Crippen LogP contribution in [0, 0.1) is 6.92 Å². The number of benzene rings is 1. The molecule has 0 spiro atoms. The fourth-order valence-electron chi connectivity index (χ4n) is 3.48. The molecule has 1 fully saturated rings. The topological polar surface area (TPSA) is 67.6 Å². The maximum Gasteiger partial charge on any atom is 0.222 e. The van der Waals surface area contributed by atoms with Gasteiger partial charge in [-0.1, -0.05) is 30.3 Å². The average molecular weight is 357 g/mol. The van der Waals surface area contributed by atoms with Gasteiger partial charge < -0.3 is 19.3 Å². The van der Waals surface area contributed by atoms with Gasteiger partial charge in [-0.2, -0.15) is 0 Å². The van der Waals surface area contributed by atoms with Crippen molar-refractivity contribution in [2.45, 2.75) is 38.3 Å². The van der Waals surface area contributed by atoms with E-state index in [1.807, 2.05) is 48.4 Å². The molecule has 0 bridgehead atoms. The second-order valence-electron chi connectivity index (χ2n) is 6.94. The normalized spacial score (nSPS) is 20.3. The van der Waals surface area contributed by atoms with Crippen LogP contribution >= 0.6 is 0 Å². The molecule has 26 heavy (non-hydrogen) atoms. The summed E-state index contributed by atoms with van der Waals surface area (Å²) in [6.45, 7) is 4.13. The highest BCUT2D eigenvalue weighted by atomic mass is 16.5. The molecular weight excluding hydrogens is 330 g/mol. The van der Waals surface area contributed by atoms with Crippen LogP contribution in [0.4, 0.5) is 0 Å². The molecule has 1 aromatic carbocycles. The van der Waals surface area contributed by atoms with Gasteiger partial charge in [0.2, 0.25) is 5.91 Å². The van der Waals surface area contributed by atoms with Crippen molar-refractivity contribution < 1.29 is 14.6 Å². The predicted molar refractivity (Wildman–Crippen MR) is 98.7 cm³/mol. The molecule has 140 valence electrons. The summed E-state index contributed by atoms with van der Waals surface area (Å²) in [5.74, 6) is 1.09. The molecule has 1 aromatic heterocycles. The first-order valence-electron chi connectivity index (χ1n) is 9.16. The number of aliphatic hydroxyl groups is 1. The fourth-order valence-corrected chi connectivity index (χ4v) is 3.48. The number of amides is 1. The lowest BCUT2D eigenvalue weighted by Gasteiger charge is -2.42. The summed E-state index contributed by atoms with van der Waals surface area (Å²) in [7, 11) is 0. The van der Waals surface area contributed by atoms with Crippen molar-refractivity contribution in [2.24, 2.45) is 0 Å². The number of carbonyl (C=O) groups excluding carboxylic acids is 1. The largest absolute Gasteiger partial charge is 0.393 e. The summed E-state index contributed by atoms with van der Waals surface area (Å²) in [4.78, 5) is 18.7. The quantitative estimate of drug-likeness (QED) is 0.821. The van der Waals surface area contributed by atoms with Gasteiger partial charge in [0.25, 0.3) is 0 Å². The van der Waals surface area contributed by atoms with Crippen LogP contribution in [0.1, 0.15) is 24.2 Å². The van der Waals surface area contributed by atoms with E-state index in [1.54, 1.807) is 6.20 Å². The second kappa shape index (κ2) is 8.47. The number of rotatable bonds is 7. The van der Waals surface area contributed by atoms with Gasteiger partial charge in [0, 0.05) is 38.3 Å². The third-order valence-corrected chi connectivity index (χ3v) is 4.97. The van der Waals surface area contributed by atoms with Crippen molar-refractivity contribution in [3.8, 4) is 0 Å². The van der Waals surface area contributed by atoms with Crippen LogP contribution in [0.5, 0.6) is 0 Å². The van der Waals surface area contributed by atoms with Crippen LogP contribution in [-0.2, 0) is 22.5 Å². The summed E-state index contributed by atoms with van der Waals surface area (Å²) in [5.41, 5.74) is 0.391. The van der Waals surface area contributed by atoms with E-state index < -0.39 is 5.60 Å². The van der Waals surface area contributed by atoms with Crippen molar-refractivity contribution in [1.82, 2.24) is 14.5 Å². The van der Waals surface area contributed by atoms with E-state index in [9.17, 15) is 9.90 Å². The molecule has 2 aromatic rings. The smallest absolute Gasteiger partial charge is 0.222 e. The number of nitrogens with zero attached hydrogens (tertiary/aromatic N) is 3. The zero-order chi connectivity index (χ0) is 18.4. The van der Waals surface area contributed by atoms with E-state index in [-0.39, 0.29) is 12.5 Å². The molecule has 0 aliphatic carbocycles. The Morgan fingerprint density at radius 3 is 2.85 bits per heavy atom. The van der Waals surface area contributed by atoms with Gasteiger partial charge in [-0.05, 0) is 18.9 Å². The third kappa shape index (κ3) is 4.51. The molecule has 1 saturated heterocycles. The molecular formula is C20H27N3O3. The van der Waals surface area contributed by atoms with E-state index in [0.29, 0.717) is 32.5 Å². The number of hydrogen-bond acceptors (Lipinski definition) is 4. The number of aryl methyl sites for hydroxylation is 2. The SMILES string of the molecule is Cc1nccn1CCCC(=O)N1CCO[C@](CO)(Cc2ccccc2)C1. The van der Waals surface area contributed by atoms with Crippen molar-refractivity contribution >= 4 is 5.91 Å². The van der Waals surface area contributed by atoms with E-state index in [0.717, 1.165) is 24.4 Å². The van der Waals surface area contributed by atoms with Gasteiger partial charge in [0.15, 0.2) is 0 Å². The molecule has 1 aliphatic heterocycles. The molecule has 2 heterocycles. The number of morpholine rings is 1. The van der Waals surface area contributed by atoms with E-state index in [4.69, 9.17) is 4.74 Å². The Labute approximate surface area is 154 Å². The van der Waals surface area contributed by atoms with Crippen molar-refractivity contribution in [2.75, 3.05) is 26.3 Å². The highest BCUT2D eigenvalue weighted by Crippen LogP contribution is 2.23. The number of imidazole rings is 1. The Bertz CT molecular complexity index is 716. The minimum absolute atomic E-state index is 0.0973. The second-order valence-corrected chi connectivity index (χ2v) is 6.94. The lowest BCUT2D eigenvalue weighted by molar-refractivity contribution is -0.158. The van der Waals surface area contributed by atoms with E-state index in [2.05, 4.69) is 9.55 Å². The molecule has 0 radical (unpaired) electrons. The number of ether oxygens (including phenoxy) is 1. The summed E-state index contributed by atoms with van der Waals surface area (Å²) in [6.07, 6.45) is 5.58. The first-order valence-corrected chi connectivity index (χ1v) is 9.16. The van der Waals surface area contributed by atoms with Crippen LogP contribution in [0.2, 0.25) is 0 Å². The number of aliphatic hydroxyl groups excluding tert-OH is 1. The maximum atomic E-state index is 12.6. The summed E-state index contributed by atoms with van der Waals surface area (Å²) >= 11 is 0. The first kappa shape index (κ1) is 18.6. The lowest BCUT2D eigenvalue weighted by Crippen LogP contribution is -2.56. The fraction of sp³-hybridized carbons (Fsp3) is 0.500. The zero-order valence-electron chi connectivity index (χ0n) is 15.3. The minimum Gasteiger partial charge on any atom is -0.393 e. The van der Waals surface area contributed by atoms with Crippen LogP contribution in [-0.4, -0.2) is 57.4 Å². The summed E-state index contributed by atoms with van der Waals surface area (Å²) < 4.78 is 7.98. The standard InChI is InChI=1S/C20H27N3O3/c1-17-21-9-11-22(17)10-5-8-19(25)23-12-13-26-20(15-23,16-24)14-18-6-3-2-4-7-18/h2-4,6-7,9,11,24H,5,8,10,12-16H2,1H3/t20-/m1/s1. The van der Waals surface area contributed by atoms with Crippen molar-refractivity contribution in [3.63, 3.8) is 0 Å². The van der Waals surface area contributed by atoms with Crippen molar-refractivity contribution in [1.29, 1.82) is 0 Å². The monoisotopic (exact) mass is 357 g/mol. The van der Waals surface area contributed by atoms with Crippen LogP contribution < -0.4 is 0 Å². The molecule has 1 amide bonds. The van der Waals surface area contributed by atoms with Gasteiger partial charge >= 0.3 is 0 Å². The van der Waals surface area contributed by atoms with Crippen molar-refractivity contribution in [3.05, 3.63) is 54.1 Å². The summed E-state index contributed by atoms with van der Waals surface area (Å²) in [5, 5.41) is 9.96. The molecule has 1 atom stereocenters. The molecule has 0 unspecified atom stereocenters. The summed E-state index contributed by atoms with van der Waals surface area (Å²) in [6, 6.07) is 9.97. The van der Waals surface area contributed by atoms with E-state index in [1.165, 1.54) is 0 Å². The maximum absolute atomic E-state index is 12.6. The van der Waals surface area contributed by atoms with Gasteiger partial charge in [0.05, 0.1) is 19.8 Å². The Morgan fingerprint density at radius 1 is 1.35 bits per heavy atom. The molecule has 1 aliphatic rings. The lowest BCUT2D eigenvalue weighted by atomic mass is 9.93. The number of hydrogen-bond donors (Lipinski definition) is 1. The molecule has 6 heteroatoms. The molecule has 0 saturated carbocycles. The predicted octanol–water partition coefficient (Wildman–Crippen LogP) is 1.80. The van der Waals surface area contributed by atoms with Crippen LogP contribution in [0.15, 0.2) is 42.7 Å². The third-order valence-electron chi connectivity index (χ3n) is 4.97. The van der Waals surface area contributed by atoms with E-state index >= 15 is 0 Å². The highest BCUT2D eigenvalue weighted by molar-refractivity contribution is 5.76. The number of carbonyl (C=O) groups is 1. The zero-order valence-corrected chi connectivity index (χ0v) is 15.3. The Kier molecular flexibility index (Phi) is 6.06. The average Bonchev–Trinajstić information content (AvgIpc) is 3.07. The van der Waals surface area contributed by atoms with Crippen LogP contribution in [0.25, 0.3) is 0 Å². The first-order chi connectivity index (χ1) is 12.6. The molecule has 1 N–H and O–H groups in total. The van der Waals surface area contributed by atoms with Gasteiger partial charge in [0.1, 0.15) is 11.4 Å². The molecule has 6 nitrogen and oxygen atoms in total. The van der Waals surface area contributed by atoms with Gasteiger partial charge in [-0.25, -0.2) is 4.98 Å². The van der Waals surface area contributed by atoms with Crippen LogP contribution in [0.3, 0.4) is 0 Å². The highest BCUT2D eigenvalue weighted by Gasteiger charge is 2.37. The van der Waals surface area contributed by atoms with Gasteiger partial charge in [-0.15, -0.1) is 0 Å². The number of aromatic nitrogens is 2. The Balaban J connectivity index is 1.56. The minimum atomic E-state index is -0.712. The Hall–Kier alpha value is -2.18. The Morgan fingerprint density at radius 2 is 2.15 bits per heavy atom. The van der Waals surface area contributed by atoms with Gasteiger partial charge in [-0.3, -0.25) is 4.79 Å². The molecule has 3 rings (SSSR count).